The van der Waals surface area contributed by atoms with Crippen molar-refractivity contribution in [3.63, 3.8) is 0 Å². The molecule has 144 valence electrons. The fraction of sp³-hybridized carbons (Fsp3) is 0.400. The summed E-state index contributed by atoms with van der Waals surface area (Å²) < 4.78 is 27.0. The molecule has 4 nitrogen and oxygen atoms in total. The van der Waals surface area contributed by atoms with Crippen molar-refractivity contribution in [2.24, 2.45) is 5.92 Å². The minimum atomic E-state index is -0.663. The normalized spacial score (nSPS) is 15.9. The zero-order chi connectivity index (χ0) is 19.6. The summed E-state index contributed by atoms with van der Waals surface area (Å²) in [6.45, 7) is 5.20. The summed E-state index contributed by atoms with van der Waals surface area (Å²) in [5, 5.41) is 2.49. The highest BCUT2D eigenvalue weighted by Gasteiger charge is 2.28. The van der Waals surface area contributed by atoms with Crippen LogP contribution in [0, 0.1) is 17.6 Å². The van der Waals surface area contributed by atoms with Gasteiger partial charge in [-0.05, 0) is 56.9 Å². The molecule has 1 heterocycles. The number of carbonyl (C=O) groups is 2. The average molecular weight is 392 g/mol. The standard InChI is InChI=1S/C20H22F2N2O2S/c1-3-24(4-2)20(26)18-10-13-9-12(5-8-17(13)27-18)19(25)23-16-11-14(21)6-7-15(16)22/h6-7,10-12H,3-5,8-9H2,1-2H3,(H,23,25)/t12-/m1/s1. The van der Waals surface area contributed by atoms with Crippen molar-refractivity contribution in [2.75, 3.05) is 18.4 Å². The number of rotatable bonds is 5. The van der Waals surface area contributed by atoms with E-state index in [1.165, 1.54) is 11.3 Å². The predicted molar refractivity (Wildman–Crippen MR) is 102 cm³/mol. The molecule has 0 aliphatic heterocycles. The molecule has 2 amide bonds. The van der Waals surface area contributed by atoms with E-state index in [9.17, 15) is 18.4 Å². The fourth-order valence-corrected chi connectivity index (χ4v) is 4.52. The summed E-state index contributed by atoms with van der Waals surface area (Å²) in [6.07, 6.45) is 1.82. The summed E-state index contributed by atoms with van der Waals surface area (Å²) in [5.41, 5.74) is 0.857. The maximum absolute atomic E-state index is 13.7. The number of amides is 2. The van der Waals surface area contributed by atoms with E-state index in [4.69, 9.17) is 0 Å². The van der Waals surface area contributed by atoms with Gasteiger partial charge in [0, 0.05) is 30.0 Å². The van der Waals surface area contributed by atoms with Gasteiger partial charge in [0.2, 0.25) is 5.91 Å². The summed E-state index contributed by atoms with van der Waals surface area (Å²) in [6, 6.07) is 4.86. The second kappa shape index (κ2) is 8.17. The molecule has 2 aromatic rings. The van der Waals surface area contributed by atoms with Crippen LogP contribution in [0.15, 0.2) is 24.3 Å². The molecule has 0 saturated carbocycles. The summed E-state index contributed by atoms with van der Waals surface area (Å²) >= 11 is 1.49. The Balaban J connectivity index is 1.71. The lowest BCUT2D eigenvalue weighted by atomic mass is 9.87. The summed E-state index contributed by atoms with van der Waals surface area (Å²) in [7, 11) is 0. The third-order valence-corrected chi connectivity index (χ3v) is 6.13. The number of thiophene rings is 1. The van der Waals surface area contributed by atoms with Crippen LogP contribution in [0.2, 0.25) is 0 Å². The molecule has 3 rings (SSSR count). The Hall–Kier alpha value is -2.28. The number of halogens is 2. The number of nitrogens with one attached hydrogen (secondary N) is 1. The number of anilines is 1. The lowest BCUT2D eigenvalue weighted by Crippen LogP contribution is -2.29. The van der Waals surface area contributed by atoms with Crippen molar-refractivity contribution >= 4 is 28.8 Å². The van der Waals surface area contributed by atoms with Crippen LogP contribution in [0.5, 0.6) is 0 Å². The van der Waals surface area contributed by atoms with Gasteiger partial charge in [-0.1, -0.05) is 0 Å². The lowest BCUT2D eigenvalue weighted by Gasteiger charge is -2.21. The molecule has 1 aliphatic rings. The van der Waals surface area contributed by atoms with Crippen LogP contribution in [-0.2, 0) is 17.6 Å². The molecular weight excluding hydrogens is 370 g/mol. The van der Waals surface area contributed by atoms with Gasteiger partial charge in [-0.2, -0.15) is 0 Å². The first-order chi connectivity index (χ1) is 12.9. The van der Waals surface area contributed by atoms with Gasteiger partial charge in [-0.3, -0.25) is 9.59 Å². The van der Waals surface area contributed by atoms with Gasteiger partial charge in [0.15, 0.2) is 0 Å². The molecule has 0 radical (unpaired) electrons. The van der Waals surface area contributed by atoms with E-state index in [1.54, 1.807) is 4.90 Å². The molecule has 1 aliphatic carbocycles. The molecule has 7 heteroatoms. The van der Waals surface area contributed by atoms with E-state index in [-0.39, 0.29) is 23.4 Å². The van der Waals surface area contributed by atoms with Gasteiger partial charge >= 0.3 is 0 Å². The van der Waals surface area contributed by atoms with Gasteiger partial charge in [0.05, 0.1) is 10.6 Å². The maximum Gasteiger partial charge on any atom is 0.263 e. The van der Waals surface area contributed by atoms with Crippen LogP contribution in [0.25, 0.3) is 0 Å². The Morgan fingerprint density at radius 3 is 2.67 bits per heavy atom. The van der Waals surface area contributed by atoms with Crippen LogP contribution < -0.4 is 5.32 Å². The smallest absolute Gasteiger partial charge is 0.263 e. The van der Waals surface area contributed by atoms with E-state index in [0.29, 0.717) is 37.2 Å². The lowest BCUT2D eigenvalue weighted by molar-refractivity contribution is -0.120. The minimum absolute atomic E-state index is 0.0160. The zero-order valence-corrected chi connectivity index (χ0v) is 16.2. The Labute approximate surface area is 161 Å². The minimum Gasteiger partial charge on any atom is -0.339 e. The van der Waals surface area contributed by atoms with Gasteiger partial charge < -0.3 is 10.2 Å². The Bertz CT molecular complexity index is 862. The molecule has 1 N–H and O–H groups in total. The largest absolute Gasteiger partial charge is 0.339 e. The van der Waals surface area contributed by atoms with Gasteiger partial charge in [0.1, 0.15) is 11.6 Å². The number of nitrogens with zero attached hydrogens (tertiary/aromatic N) is 1. The van der Waals surface area contributed by atoms with Crippen LogP contribution >= 0.6 is 11.3 Å². The molecule has 1 aromatic carbocycles. The number of aryl methyl sites for hydroxylation is 1. The predicted octanol–water partition coefficient (Wildman–Crippen LogP) is 4.25. The number of carbonyl (C=O) groups excluding carboxylic acids is 2. The molecule has 0 unspecified atom stereocenters. The quantitative estimate of drug-likeness (QED) is 0.827. The van der Waals surface area contributed by atoms with Gasteiger partial charge in [-0.15, -0.1) is 11.3 Å². The third-order valence-electron chi connectivity index (χ3n) is 4.90. The Kier molecular flexibility index (Phi) is 5.89. The molecule has 27 heavy (non-hydrogen) atoms. The van der Waals surface area contributed by atoms with Gasteiger partial charge in [-0.25, -0.2) is 8.78 Å². The van der Waals surface area contributed by atoms with Crippen LogP contribution in [0.3, 0.4) is 0 Å². The molecule has 0 saturated heterocycles. The molecule has 0 fully saturated rings. The molecule has 0 spiro atoms. The highest BCUT2D eigenvalue weighted by Crippen LogP contribution is 2.33. The number of benzene rings is 1. The zero-order valence-electron chi connectivity index (χ0n) is 15.4. The first kappa shape index (κ1) is 19.5. The second-order valence-corrected chi connectivity index (χ2v) is 7.73. The molecule has 1 atom stereocenters. The van der Waals surface area contributed by atoms with Crippen LogP contribution in [0.1, 0.15) is 40.4 Å². The van der Waals surface area contributed by atoms with Crippen LogP contribution in [0.4, 0.5) is 14.5 Å². The Morgan fingerprint density at radius 1 is 1.22 bits per heavy atom. The average Bonchev–Trinajstić information content (AvgIpc) is 3.08. The van der Waals surface area contributed by atoms with Crippen molar-refractivity contribution in [2.45, 2.75) is 33.1 Å². The third kappa shape index (κ3) is 4.18. The number of hydrogen-bond donors (Lipinski definition) is 1. The maximum atomic E-state index is 13.7. The highest BCUT2D eigenvalue weighted by molar-refractivity contribution is 7.14. The van der Waals surface area contributed by atoms with E-state index < -0.39 is 11.6 Å². The highest BCUT2D eigenvalue weighted by atomic mass is 32.1. The van der Waals surface area contributed by atoms with Crippen LogP contribution in [-0.4, -0.2) is 29.8 Å². The van der Waals surface area contributed by atoms with Gasteiger partial charge in [0.25, 0.3) is 5.91 Å². The summed E-state index contributed by atoms with van der Waals surface area (Å²) in [5.74, 6) is -1.90. The van der Waals surface area contributed by atoms with E-state index in [2.05, 4.69) is 5.32 Å². The van der Waals surface area contributed by atoms with Crippen molar-refractivity contribution in [3.05, 3.63) is 51.2 Å². The van der Waals surface area contributed by atoms with Crippen molar-refractivity contribution in [1.29, 1.82) is 0 Å². The first-order valence-electron chi connectivity index (χ1n) is 9.09. The SMILES string of the molecule is CCN(CC)C(=O)c1cc2c(s1)CC[C@@H](C(=O)Nc1cc(F)ccc1F)C2. The topological polar surface area (TPSA) is 49.4 Å². The molecule has 0 bridgehead atoms. The molecule has 1 aromatic heterocycles. The van der Waals surface area contributed by atoms with E-state index in [0.717, 1.165) is 28.6 Å². The first-order valence-corrected chi connectivity index (χ1v) is 9.91. The number of hydrogen-bond acceptors (Lipinski definition) is 3. The van der Waals surface area contributed by atoms with Crippen molar-refractivity contribution in [3.8, 4) is 0 Å². The fourth-order valence-electron chi connectivity index (χ4n) is 3.35. The summed E-state index contributed by atoms with van der Waals surface area (Å²) in [4.78, 5) is 28.6. The Morgan fingerprint density at radius 2 is 1.96 bits per heavy atom. The second-order valence-electron chi connectivity index (χ2n) is 6.59. The van der Waals surface area contributed by atoms with E-state index in [1.807, 2.05) is 19.9 Å². The molecular formula is C20H22F2N2O2S. The number of fused-ring (bicyclic) bond motifs is 1. The monoisotopic (exact) mass is 392 g/mol. The van der Waals surface area contributed by atoms with Crippen molar-refractivity contribution in [1.82, 2.24) is 4.90 Å². The van der Waals surface area contributed by atoms with E-state index >= 15 is 0 Å². The van der Waals surface area contributed by atoms with Crippen molar-refractivity contribution < 1.29 is 18.4 Å².